The number of rotatable bonds is 5. The summed E-state index contributed by atoms with van der Waals surface area (Å²) in [7, 11) is -3.73. The van der Waals surface area contributed by atoms with Crippen LogP contribution in [0.15, 0.2) is 71.8 Å². The van der Waals surface area contributed by atoms with E-state index in [1.807, 2.05) is 60.7 Å². The van der Waals surface area contributed by atoms with Crippen molar-refractivity contribution < 1.29 is 8.42 Å². The Balaban J connectivity index is 1.74. The highest BCUT2D eigenvalue weighted by Gasteiger charge is 2.35. The van der Waals surface area contributed by atoms with Gasteiger partial charge in [-0.15, -0.1) is 0 Å². The van der Waals surface area contributed by atoms with Gasteiger partial charge in [0, 0.05) is 11.6 Å². The van der Waals surface area contributed by atoms with Crippen molar-refractivity contribution in [1.29, 1.82) is 0 Å². The maximum absolute atomic E-state index is 13.5. The third-order valence-electron chi connectivity index (χ3n) is 5.75. The Labute approximate surface area is 179 Å². The van der Waals surface area contributed by atoms with Gasteiger partial charge in [0.1, 0.15) is 10.6 Å². The van der Waals surface area contributed by atoms with Crippen LogP contribution in [0.3, 0.4) is 0 Å². The van der Waals surface area contributed by atoms with Gasteiger partial charge in [-0.2, -0.15) is 5.10 Å². The molecule has 1 aliphatic carbocycles. The van der Waals surface area contributed by atoms with Crippen molar-refractivity contribution in [3.63, 3.8) is 0 Å². The quantitative estimate of drug-likeness (QED) is 0.626. The smallest absolute Gasteiger partial charge is 0.239 e. The minimum Gasteiger partial charge on any atom is -0.239 e. The number of para-hydroxylation sites is 1. The predicted molar refractivity (Wildman–Crippen MR) is 120 cm³/mol. The number of sulfonamides is 1. The van der Waals surface area contributed by atoms with Crippen LogP contribution in [0.25, 0.3) is 16.9 Å². The number of benzene rings is 2. The van der Waals surface area contributed by atoms with E-state index in [4.69, 9.17) is 0 Å². The first kappa shape index (κ1) is 20.8. The van der Waals surface area contributed by atoms with E-state index in [1.54, 1.807) is 10.9 Å². The summed E-state index contributed by atoms with van der Waals surface area (Å²) in [6, 6.07) is 19.0. The summed E-state index contributed by atoms with van der Waals surface area (Å²) in [5, 5.41) is 4.65. The third kappa shape index (κ3) is 4.50. The van der Waals surface area contributed by atoms with Crippen LogP contribution in [0.2, 0.25) is 0 Å². The van der Waals surface area contributed by atoms with Crippen molar-refractivity contribution in [3.8, 4) is 16.9 Å². The molecule has 1 aromatic heterocycles. The Kier molecular flexibility index (Phi) is 5.55. The first-order valence-corrected chi connectivity index (χ1v) is 11.9. The fourth-order valence-corrected chi connectivity index (χ4v) is 6.18. The van der Waals surface area contributed by atoms with E-state index in [0.29, 0.717) is 11.6 Å². The van der Waals surface area contributed by atoms with Gasteiger partial charge in [0.15, 0.2) is 0 Å². The number of nitrogens with zero attached hydrogens (tertiary/aromatic N) is 2. The number of hydrogen-bond donors (Lipinski definition) is 1. The Morgan fingerprint density at radius 3 is 2.27 bits per heavy atom. The SMILES string of the molecule is CC1CC(NS(=O)(=O)c2cn(-c3ccccc3)nc2-c2ccccc2)CC(C)(C)C1. The summed E-state index contributed by atoms with van der Waals surface area (Å²) in [5.41, 5.74) is 2.20. The summed E-state index contributed by atoms with van der Waals surface area (Å²) < 4.78 is 31.6. The van der Waals surface area contributed by atoms with Crippen molar-refractivity contribution in [3.05, 3.63) is 66.9 Å². The normalized spacial score (nSPS) is 21.4. The molecule has 0 amide bonds. The molecule has 0 radical (unpaired) electrons. The average molecular weight is 424 g/mol. The molecule has 2 unspecified atom stereocenters. The maximum atomic E-state index is 13.5. The minimum atomic E-state index is -3.73. The van der Waals surface area contributed by atoms with E-state index >= 15 is 0 Å². The fraction of sp³-hybridized carbons (Fsp3) is 0.375. The minimum absolute atomic E-state index is 0.0718. The van der Waals surface area contributed by atoms with Crippen LogP contribution in [0.1, 0.15) is 40.0 Å². The van der Waals surface area contributed by atoms with Crippen LogP contribution >= 0.6 is 0 Å². The molecule has 2 atom stereocenters. The molecule has 0 saturated heterocycles. The molecular weight excluding hydrogens is 394 g/mol. The Morgan fingerprint density at radius 2 is 1.63 bits per heavy atom. The number of hydrogen-bond acceptors (Lipinski definition) is 3. The molecule has 1 fully saturated rings. The molecule has 158 valence electrons. The lowest BCUT2D eigenvalue weighted by Gasteiger charge is -2.39. The fourth-order valence-electron chi connectivity index (χ4n) is 4.78. The summed E-state index contributed by atoms with van der Waals surface area (Å²) in [6.45, 7) is 6.63. The number of nitrogens with one attached hydrogen (secondary N) is 1. The van der Waals surface area contributed by atoms with Crippen LogP contribution in [-0.4, -0.2) is 24.2 Å². The van der Waals surface area contributed by atoms with Gasteiger partial charge in [0.2, 0.25) is 10.0 Å². The summed E-state index contributed by atoms with van der Waals surface area (Å²) >= 11 is 0. The molecule has 2 aromatic carbocycles. The van der Waals surface area contributed by atoms with Crippen LogP contribution in [0.4, 0.5) is 0 Å². The van der Waals surface area contributed by atoms with Gasteiger partial charge >= 0.3 is 0 Å². The maximum Gasteiger partial charge on any atom is 0.244 e. The van der Waals surface area contributed by atoms with Gasteiger partial charge in [-0.05, 0) is 42.7 Å². The molecule has 1 heterocycles. The second-order valence-electron chi connectivity index (χ2n) is 9.22. The topological polar surface area (TPSA) is 64.0 Å². The van der Waals surface area contributed by atoms with Gasteiger partial charge in [-0.1, -0.05) is 69.3 Å². The molecule has 5 nitrogen and oxygen atoms in total. The lowest BCUT2D eigenvalue weighted by Crippen LogP contribution is -2.42. The van der Waals surface area contributed by atoms with Crippen LogP contribution in [0, 0.1) is 11.3 Å². The van der Waals surface area contributed by atoms with Crippen molar-refractivity contribution in [2.75, 3.05) is 0 Å². The second kappa shape index (κ2) is 8.00. The van der Waals surface area contributed by atoms with E-state index in [1.165, 1.54) is 0 Å². The molecular formula is C24H29N3O2S. The highest BCUT2D eigenvalue weighted by atomic mass is 32.2. The largest absolute Gasteiger partial charge is 0.244 e. The van der Waals surface area contributed by atoms with Crippen LogP contribution in [0.5, 0.6) is 0 Å². The molecule has 30 heavy (non-hydrogen) atoms. The van der Waals surface area contributed by atoms with E-state index in [-0.39, 0.29) is 16.4 Å². The standard InChI is InChI=1S/C24H29N3O2S/c1-18-14-20(16-24(2,3)15-18)26-30(28,29)22-17-27(21-12-8-5-9-13-21)25-23(22)19-10-6-4-7-11-19/h4-13,17-18,20,26H,14-16H2,1-3H3. The highest BCUT2D eigenvalue weighted by Crippen LogP contribution is 2.39. The van der Waals surface area contributed by atoms with Crippen molar-refractivity contribution in [2.24, 2.45) is 11.3 Å². The zero-order chi connectivity index (χ0) is 21.4. The van der Waals surface area contributed by atoms with Gasteiger partial charge in [0.05, 0.1) is 11.9 Å². The van der Waals surface area contributed by atoms with Crippen molar-refractivity contribution >= 4 is 10.0 Å². The Hall–Kier alpha value is -2.44. The van der Waals surface area contributed by atoms with Gasteiger partial charge in [-0.3, -0.25) is 0 Å². The van der Waals surface area contributed by atoms with E-state index in [0.717, 1.165) is 30.5 Å². The Morgan fingerprint density at radius 1 is 1.00 bits per heavy atom. The van der Waals surface area contributed by atoms with Gasteiger partial charge in [0.25, 0.3) is 0 Å². The van der Waals surface area contributed by atoms with Gasteiger partial charge in [-0.25, -0.2) is 17.8 Å². The molecule has 6 heteroatoms. The Bertz CT molecular complexity index is 1110. The van der Waals surface area contributed by atoms with Crippen molar-refractivity contribution in [2.45, 2.75) is 51.0 Å². The number of aromatic nitrogens is 2. The third-order valence-corrected chi connectivity index (χ3v) is 7.27. The zero-order valence-electron chi connectivity index (χ0n) is 17.7. The van der Waals surface area contributed by atoms with E-state index in [9.17, 15) is 8.42 Å². The highest BCUT2D eigenvalue weighted by molar-refractivity contribution is 7.89. The lowest BCUT2D eigenvalue weighted by atomic mass is 9.71. The molecule has 1 N–H and O–H groups in total. The molecule has 0 aliphatic heterocycles. The summed E-state index contributed by atoms with van der Waals surface area (Å²) in [6.07, 6.45) is 4.43. The first-order valence-electron chi connectivity index (χ1n) is 10.5. The van der Waals surface area contributed by atoms with Crippen LogP contribution in [-0.2, 0) is 10.0 Å². The monoisotopic (exact) mass is 423 g/mol. The predicted octanol–water partition coefficient (Wildman–Crippen LogP) is 5.03. The van der Waals surface area contributed by atoms with Crippen molar-refractivity contribution in [1.82, 2.24) is 14.5 Å². The molecule has 4 rings (SSSR count). The first-order chi connectivity index (χ1) is 14.2. The lowest BCUT2D eigenvalue weighted by molar-refractivity contribution is 0.163. The van der Waals surface area contributed by atoms with E-state index in [2.05, 4.69) is 30.6 Å². The summed E-state index contributed by atoms with van der Waals surface area (Å²) in [4.78, 5) is 0.216. The van der Waals surface area contributed by atoms with Gasteiger partial charge < -0.3 is 0 Å². The molecule has 0 spiro atoms. The molecule has 3 aromatic rings. The zero-order valence-corrected chi connectivity index (χ0v) is 18.6. The molecule has 1 aliphatic rings. The van der Waals surface area contributed by atoms with Crippen LogP contribution < -0.4 is 4.72 Å². The second-order valence-corrected chi connectivity index (χ2v) is 10.9. The summed E-state index contributed by atoms with van der Waals surface area (Å²) in [5.74, 6) is 0.488. The average Bonchev–Trinajstić information content (AvgIpc) is 3.14. The molecule has 1 saturated carbocycles. The van der Waals surface area contributed by atoms with E-state index < -0.39 is 10.0 Å². The molecule has 0 bridgehead atoms.